The smallest absolute Gasteiger partial charge is 0.252 e. The Labute approximate surface area is 146 Å². The molecule has 0 aliphatic carbocycles. The Balaban J connectivity index is 2.03. The monoisotopic (exact) mass is 351 g/mol. The summed E-state index contributed by atoms with van der Waals surface area (Å²) in [6, 6.07) is 6.92. The minimum absolute atomic E-state index is 0.124. The van der Waals surface area contributed by atoms with E-state index in [1.807, 2.05) is 0 Å². The quantitative estimate of drug-likeness (QED) is 0.686. The van der Waals surface area contributed by atoms with Crippen LogP contribution in [0.25, 0.3) is 0 Å². The minimum Gasteiger partial charge on any atom is -0.354 e. The molecule has 0 radical (unpaired) electrons. The number of aromatic nitrogens is 1. The molecule has 0 atom stereocenters. The van der Waals surface area contributed by atoms with E-state index in [9.17, 15) is 4.79 Å². The number of hydrogen-bond acceptors (Lipinski definition) is 3. The topological polar surface area (TPSA) is 54.0 Å². The second-order valence-corrected chi connectivity index (χ2v) is 6.08. The molecule has 0 aliphatic rings. The number of unbranched alkanes of at least 4 members (excludes halogenated alkanes) is 2. The van der Waals surface area contributed by atoms with Gasteiger partial charge in [-0.3, -0.25) is 9.78 Å². The summed E-state index contributed by atoms with van der Waals surface area (Å²) in [4.78, 5) is 16.2. The van der Waals surface area contributed by atoms with Crippen LogP contribution in [0.3, 0.4) is 0 Å². The fourth-order valence-corrected chi connectivity index (χ4v) is 2.63. The zero-order valence-corrected chi connectivity index (χ0v) is 14.4. The summed E-state index contributed by atoms with van der Waals surface area (Å²) in [5.74, 6) is -0.124. The summed E-state index contributed by atoms with van der Waals surface area (Å²) in [7, 11) is 0. The van der Waals surface area contributed by atoms with E-state index in [1.165, 1.54) is 0 Å². The molecule has 1 amide bonds. The molecule has 0 unspecified atom stereocenters. The Morgan fingerprint density at radius 2 is 1.78 bits per heavy atom. The van der Waals surface area contributed by atoms with Crippen molar-refractivity contribution in [2.45, 2.75) is 26.2 Å². The summed E-state index contributed by atoms with van der Waals surface area (Å²) in [5, 5.41) is 7.12. The van der Waals surface area contributed by atoms with Crippen LogP contribution in [0.5, 0.6) is 0 Å². The van der Waals surface area contributed by atoms with Gasteiger partial charge in [-0.05, 0) is 30.7 Å². The molecule has 1 heterocycles. The summed E-state index contributed by atoms with van der Waals surface area (Å²) in [6.07, 6.45) is 6.40. The summed E-state index contributed by atoms with van der Waals surface area (Å²) < 4.78 is 0. The molecule has 0 saturated heterocycles. The van der Waals surface area contributed by atoms with Gasteiger partial charge >= 0.3 is 0 Å². The molecule has 0 saturated carbocycles. The van der Waals surface area contributed by atoms with Crippen LogP contribution in [0.15, 0.2) is 36.7 Å². The lowest BCUT2D eigenvalue weighted by atomic mass is 10.2. The van der Waals surface area contributed by atoms with Crippen molar-refractivity contribution in [3.05, 3.63) is 52.3 Å². The van der Waals surface area contributed by atoms with Gasteiger partial charge in [-0.1, -0.05) is 43.0 Å². The normalized spacial score (nSPS) is 10.4. The van der Waals surface area contributed by atoms with E-state index < -0.39 is 0 Å². The molecule has 0 bridgehead atoms. The Morgan fingerprint density at radius 1 is 1.04 bits per heavy atom. The third-order valence-electron chi connectivity index (χ3n) is 3.22. The van der Waals surface area contributed by atoms with E-state index >= 15 is 0 Å². The van der Waals surface area contributed by atoms with Crippen molar-refractivity contribution >= 4 is 40.5 Å². The van der Waals surface area contributed by atoms with Crippen LogP contribution >= 0.6 is 23.2 Å². The van der Waals surface area contributed by atoms with Gasteiger partial charge in [0.15, 0.2) is 0 Å². The standard InChI is InChI=1S/C17H19Cl2N3O/c1-2-3-4-5-21-17(23)12-6-16(11-20-10-12)22-15-8-13(18)7-14(19)9-15/h6-11,22H,2-5H2,1H3,(H,21,23). The van der Waals surface area contributed by atoms with Crippen LogP contribution in [0.2, 0.25) is 10.0 Å². The predicted octanol–water partition coefficient (Wildman–Crippen LogP) is 5.05. The Kier molecular flexibility index (Phi) is 6.68. The van der Waals surface area contributed by atoms with Crippen molar-refractivity contribution in [2.75, 3.05) is 11.9 Å². The number of anilines is 2. The van der Waals surface area contributed by atoms with E-state index in [4.69, 9.17) is 23.2 Å². The van der Waals surface area contributed by atoms with Crippen LogP contribution in [0.4, 0.5) is 11.4 Å². The molecule has 1 aromatic heterocycles. The number of amides is 1. The molecular weight excluding hydrogens is 333 g/mol. The van der Waals surface area contributed by atoms with E-state index in [0.717, 1.165) is 24.9 Å². The number of rotatable bonds is 7. The number of hydrogen-bond donors (Lipinski definition) is 2. The number of pyridine rings is 1. The molecule has 2 N–H and O–H groups in total. The van der Waals surface area contributed by atoms with Crippen LogP contribution in [0, 0.1) is 0 Å². The highest BCUT2D eigenvalue weighted by Crippen LogP contribution is 2.25. The summed E-state index contributed by atoms with van der Waals surface area (Å²) >= 11 is 12.0. The first kappa shape index (κ1) is 17.6. The Bertz CT molecular complexity index is 656. The van der Waals surface area contributed by atoms with Crippen LogP contribution < -0.4 is 10.6 Å². The average Bonchev–Trinajstić information content (AvgIpc) is 2.50. The fraction of sp³-hybridized carbons (Fsp3) is 0.294. The Morgan fingerprint density at radius 3 is 2.48 bits per heavy atom. The highest BCUT2D eigenvalue weighted by Gasteiger charge is 2.07. The van der Waals surface area contributed by atoms with E-state index in [2.05, 4.69) is 22.5 Å². The summed E-state index contributed by atoms with van der Waals surface area (Å²) in [5.41, 5.74) is 1.95. The van der Waals surface area contributed by atoms with Crippen LogP contribution in [0.1, 0.15) is 36.5 Å². The van der Waals surface area contributed by atoms with Crippen LogP contribution in [-0.4, -0.2) is 17.4 Å². The fourth-order valence-electron chi connectivity index (χ4n) is 2.10. The lowest BCUT2D eigenvalue weighted by Gasteiger charge is -2.09. The van der Waals surface area contributed by atoms with Crippen LogP contribution in [-0.2, 0) is 0 Å². The maximum Gasteiger partial charge on any atom is 0.252 e. The van der Waals surface area contributed by atoms with E-state index in [0.29, 0.717) is 27.8 Å². The van der Waals surface area contributed by atoms with Gasteiger partial charge in [0.2, 0.25) is 0 Å². The average molecular weight is 352 g/mol. The second-order valence-electron chi connectivity index (χ2n) is 5.21. The number of carbonyl (C=O) groups is 1. The van der Waals surface area contributed by atoms with Crippen molar-refractivity contribution in [1.82, 2.24) is 10.3 Å². The van der Waals surface area contributed by atoms with E-state index in [1.54, 1.807) is 36.7 Å². The molecule has 122 valence electrons. The molecule has 0 fully saturated rings. The molecule has 4 nitrogen and oxygen atoms in total. The van der Waals surface area contributed by atoms with Crippen molar-refractivity contribution in [2.24, 2.45) is 0 Å². The lowest BCUT2D eigenvalue weighted by molar-refractivity contribution is 0.0952. The van der Waals surface area contributed by atoms with Gasteiger partial charge in [-0.25, -0.2) is 0 Å². The van der Waals surface area contributed by atoms with Crippen molar-refractivity contribution < 1.29 is 4.79 Å². The van der Waals surface area contributed by atoms with Gasteiger partial charge in [0, 0.05) is 28.5 Å². The minimum atomic E-state index is -0.124. The first-order valence-electron chi connectivity index (χ1n) is 7.55. The van der Waals surface area contributed by atoms with Gasteiger partial charge in [-0.2, -0.15) is 0 Å². The van der Waals surface area contributed by atoms with Gasteiger partial charge < -0.3 is 10.6 Å². The van der Waals surface area contributed by atoms with Gasteiger partial charge in [0.05, 0.1) is 17.4 Å². The summed E-state index contributed by atoms with van der Waals surface area (Å²) in [6.45, 7) is 2.80. The highest BCUT2D eigenvalue weighted by molar-refractivity contribution is 6.35. The largest absolute Gasteiger partial charge is 0.354 e. The van der Waals surface area contributed by atoms with Crippen molar-refractivity contribution in [3.63, 3.8) is 0 Å². The number of nitrogens with zero attached hydrogens (tertiary/aromatic N) is 1. The second kappa shape index (κ2) is 8.75. The zero-order valence-electron chi connectivity index (χ0n) is 12.9. The first-order chi connectivity index (χ1) is 11.1. The molecular formula is C17H19Cl2N3O. The SMILES string of the molecule is CCCCCNC(=O)c1cncc(Nc2cc(Cl)cc(Cl)c2)c1. The molecule has 23 heavy (non-hydrogen) atoms. The number of carbonyl (C=O) groups excluding carboxylic acids is 1. The third kappa shape index (κ3) is 5.73. The Hall–Kier alpha value is -1.78. The molecule has 2 aromatic rings. The third-order valence-corrected chi connectivity index (χ3v) is 3.65. The molecule has 1 aromatic carbocycles. The lowest BCUT2D eigenvalue weighted by Crippen LogP contribution is -2.24. The van der Waals surface area contributed by atoms with Crippen molar-refractivity contribution in [1.29, 1.82) is 0 Å². The van der Waals surface area contributed by atoms with Gasteiger partial charge in [-0.15, -0.1) is 0 Å². The molecule has 0 aliphatic heterocycles. The van der Waals surface area contributed by atoms with Gasteiger partial charge in [0.1, 0.15) is 0 Å². The molecule has 6 heteroatoms. The van der Waals surface area contributed by atoms with Gasteiger partial charge in [0.25, 0.3) is 5.91 Å². The molecule has 0 spiro atoms. The highest BCUT2D eigenvalue weighted by atomic mass is 35.5. The maximum absolute atomic E-state index is 12.1. The number of benzene rings is 1. The van der Waals surface area contributed by atoms with E-state index in [-0.39, 0.29) is 5.91 Å². The number of halogens is 2. The predicted molar refractivity (Wildman–Crippen MR) is 95.8 cm³/mol. The first-order valence-corrected chi connectivity index (χ1v) is 8.30. The molecule has 2 rings (SSSR count). The zero-order chi connectivity index (χ0) is 16.7. The maximum atomic E-state index is 12.1. The number of nitrogens with one attached hydrogen (secondary N) is 2. The van der Waals surface area contributed by atoms with Crippen molar-refractivity contribution in [3.8, 4) is 0 Å².